The average molecular weight is 264 g/mol. The van der Waals surface area contributed by atoms with Crippen LogP contribution in [0.15, 0.2) is 18.2 Å². The van der Waals surface area contributed by atoms with Gasteiger partial charge in [0.25, 0.3) is 0 Å². The lowest BCUT2D eigenvalue weighted by Gasteiger charge is -2.06. The van der Waals surface area contributed by atoms with Crippen molar-refractivity contribution in [3.8, 4) is 0 Å². The molecule has 4 nitrogen and oxygen atoms in total. The van der Waals surface area contributed by atoms with Crippen molar-refractivity contribution in [2.45, 2.75) is 19.9 Å². The van der Waals surface area contributed by atoms with E-state index in [0.717, 1.165) is 30.1 Å². The van der Waals surface area contributed by atoms with Crippen LogP contribution in [0.25, 0.3) is 11.0 Å². The molecule has 0 fully saturated rings. The zero-order chi connectivity index (χ0) is 13.1. The van der Waals surface area contributed by atoms with Crippen molar-refractivity contribution in [1.29, 1.82) is 0 Å². The second-order valence-corrected chi connectivity index (χ2v) is 5.12. The lowest BCUT2D eigenvalue weighted by Crippen LogP contribution is -2.02. The molecule has 2 rings (SSSR count). The number of carboxylic acid groups (broad SMARTS) is 1. The number of para-hydroxylation sites is 1. The van der Waals surface area contributed by atoms with Gasteiger partial charge < -0.3 is 9.67 Å². The number of thioether (sulfide) groups is 1. The van der Waals surface area contributed by atoms with Gasteiger partial charge in [0.1, 0.15) is 11.3 Å². The van der Waals surface area contributed by atoms with Crippen LogP contribution in [-0.4, -0.2) is 32.6 Å². The molecule has 2 aromatic rings. The van der Waals surface area contributed by atoms with Gasteiger partial charge in [-0.2, -0.15) is 11.8 Å². The fourth-order valence-corrected chi connectivity index (χ4v) is 2.50. The summed E-state index contributed by atoms with van der Waals surface area (Å²) in [5.74, 6) is 1.05. The highest BCUT2D eigenvalue weighted by Gasteiger charge is 2.14. The van der Waals surface area contributed by atoms with Gasteiger partial charge in [-0.1, -0.05) is 6.07 Å². The van der Waals surface area contributed by atoms with Gasteiger partial charge in [0.05, 0.1) is 11.1 Å². The van der Waals surface area contributed by atoms with Crippen LogP contribution in [-0.2, 0) is 6.54 Å². The summed E-state index contributed by atoms with van der Waals surface area (Å²) in [7, 11) is 0. The third-order valence-corrected chi connectivity index (χ3v) is 3.63. The minimum absolute atomic E-state index is 0.277. The molecule has 1 aromatic heterocycles. The van der Waals surface area contributed by atoms with Crippen LogP contribution in [0.5, 0.6) is 0 Å². The first-order valence-corrected chi connectivity index (χ1v) is 7.22. The van der Waals surface area contributed by atoms with E-state index < -0.39 is 5.97 Å². The number of carbonyl (C=O) groups is 1. The molecule has 0 spiro atoms. The molecule has 0 aliphatic rings. The Morgan fingerprint density at radius 2 is 2.28 bits per heavy atom. The number of fused-ring (bicyclic) bond motifs is 1. The second-order valence-electron chi connectivity index (χ2n) is 4.14. The first-order chi connectivity index (χ1) is 8.65. The molecule has 0 saturated carbocycles. The Kier molecular flexibility index (Phi) is 3.91. The first-order valence-electron chi connectivity index (χ1n) is 5.83. The van der Waals surface area contributed by atoms with E-state index in [1.165, 1.54) is 0 Å². The van der Waals surface area contributed by atoms with Gasteiger partial charge in [-0.05, 0) is 37.5 Å². The van der Waals surface area contributed by atoms with Crippen molar-refractivity contribution < 1.29 is 9.90 Å². The van der Waals surface area contributed by atoms with E-state index >= 15 is 0 Å². The molecular formula is C13H16N2O2S. The van der Waals surface area contributed by atoms with E-state index in [9.17, 15) is 4.79 Å². The molecule has 0 saturated heterocycles. The highest BCUT2D eigenvalue weighted by atomic mass is 32.2. The van der Waals surface area contributed by atoms with Gasteiger partial charge in [0, 0.05) is 6.54 Å². The molecule has 0 atom stereocenters. The summed E-state index contributed by atoms with van der Waals surface area (Å²) in [5.41, 5.74) is 1.78. The van der Waals surface area contributed by atoms with E-state index in [-0.39, 0.29) is 5.56 Å². The summed E-state index contributed by atoms with van der Waals surface area (Å²) >= 11 is 1.81. The fraction of sp³-hybridized carbons (Fsp3) is 0.385. The zero-order valence-corrected chi connectivity index (χ0v) is 11.3. The summed E-state index contributed by atoms with van der Waals surface area (Å²) in [6, 6.07) is 5.31. The minimum Gasteiger partial charge on any atom is -0.478 e. The number of aryl methyl sites for hydroxylation is 2. The van der Waals surface area contributed by atoms with Crippen LogP contribution in [0.3, 0.4) is 0 Å². The van der Waals surface area contributed by atoms with Crippen LogP contribution in [0.2, 0.25) is 0 Å². The number of hydrogen-bond donors (Lipinski definition) is 1. The summed E-state index contributed by atoms with van der Waals surface area (Å²) in [4.78, 5) is 15.5. The topological polar surface area (TPSA) is 55.1 Å². The quantitative estimate of drug-likeness (QED) is 0.844. The Morgan fingerprint density at radius 1 is 1.50 bits per heavy atom. The summed E-state index contributed by atoms with van der Waals surface area (Å²) < 4.78 is 2.10. The van der Waals surface area contributed by atoms with Gasteiger partial charge in [0.2, 0.25) is 0 Å². The maximum absolute atomic E-state index is 11.1. The molecule has 1 heterocycles. The Bertz CT molecular complexity index is 578. The molecule has 0 amide bonds. The summed E-state index contributed by atoms with van der Waals surface area (Å²) in [5, 5.41) is 9.14. The first kappa shape index (κ1) is 13.0. The fourth-order valence-electron chi connectivity index (χ4n) is 2.08. The Hall–Kier alpha value is -1.49. The maximum atomic E-state index is 11.1. The van der Waals surface area contributed by atoms with Crippen molar-refractivity contribution in [3.63, 3.8) is 0 Å². The smallest absolute Gasteiger partial charge is 0.337 e. The Morgan fingerprint density at radius 3 is 2.94 bits per heavy atom. The molecule has 0 bridgehead atoms. The number of aromatic nitrogens is 2. The predicted octanol–water partition coefficient (Wildman–Crippen LogP) is 2.80. The standard InChI is InChI=1S/C13H16N2O2S/c1-9-14-12-10(13(16)17)5-3-6-11(12)15(9)7-4-8-18-2/h3,5-6H,4,7-8H2,1-2H3,(H,16,17). The van der Waals surface area contributed by atoms with Crippen LogP contribution >= 0.6 is 11.8 Å². The summed E-state index contributed by atoms with van der Waals surface area (Å²) in [6.07, 6.45) is 3.15. The molecule has 1 aromatic carbocycles. The second kappa shape index (κ2) is 5.44. The number of aromatic carboxylic acids is 1. The highest BCUT2D eigenvalue weighted by molar-refractivity contribution is 7.98. The normalized spacial score (nSPS) is 11.0. The Balaban J connectivity index is 2.45. The lowest BCUT2D eigenvalue weighted by atomic mass is 10.2. The van der Waals surface area contributed by atoms with Crippen molar-refractivity contribution in [2.75, 3.05) is 12.0 Å². The maximum Gasteiger partial charge on any atom is 0.337 e. The third-order valence-electron chi connectivity index (χ3n) is 2.93. The lowest BCUT2D eigenvalue weighted by molar-refractivity contribution is 0.0699. The number of carboxylic acids is 1. The molecule has 0 aliphatic heterocycles. The molecule has 5 heteroatoms. The highest BCUT2D eigenvalue weighted by Crippen LogP contribution is 2.20. The van der Waals surface area contributed by atoms with Crippen molar-refractivity contribution in [3.05, 3.63) is 29.6 Å². The molecule has 0 radical (unpaired) electrons. The molecule has 18 heavy (non-hydrogen) atoms. The number of nitrogens with zero attached hydrogens (tertiary/aromatic N) is 2. The van der Waals surface area contributed by atoms with Crippen LogP contribution in [0.4, 0.5) is 0 Å². The molecule has 1 N–H and O–H groups in total. The van der Waals surface area contributed by atoms with Crippen molar-refractivity contribution >= 4 is 28.8 Å². The van der Waals surface area contributed by atoms with Crippen LogP contribution in [0, 0.1) is 6.92 Å². The van der Waals surface area contributed by atoms with Crippen molar-refractivity contribution in [1.82, 2.24) is 9.55 Å². The van der Waals surface area contributed by atoms with Gasteiger partial charge in [0.15, 0.2) is 0 Å². The van der Waals surface area contributed by atoms with Crippen molar-refractivity contribution in [2.24, 2.45) is 0 Å². The minimum atomic E-state index is -0.922. The van der Waals surface area contributed by atoms with Gasteiger partial charge >= 0.3 is 5.97 Å². The van der Waals surface area contributed by atoms with E-state index in [2.05, 4.69) is 15.8 Å². The van der Waals surface area contributed by atoms with Gasteiger partial charge in [-0.15, -0.1) is 0 Å². The van der Waals surface area contributed by atoms with Crippen LogP contribution < -0.4 is 0 Å². The van der Waals surface area contributed by atoms with E-state index in [0.29, 0.717) is 5.52 Å². The molecular weight excluding hydrogens is 248 g/mol. The number of imidazole rings is 1. The largest absolute Gasteiger partial charge is 0.478 e. The predicted molar refractivity (Wildman–Crippen MR) is 74.4 cm³/mol. The number of benzene rings is 1. The number of rotatable bonds is 5. The third kappa shape index (κ3) is 2.36. The van der Waals surface area contributed by atoms with E-state index in [1.54, 1.807) is 12.1 Å². The van der Waals surface area contributed by atoms with Crippen LogP contribution in [0.1, 0.15) is 22.6 Å². The van der Waals surface area contributed by atoms with E-state index in [4.69, 9.17) is 5.11 Å². The number of hydrogen-bond acceptors (Lipinski definition) is 3. The zero-order valence-electron chi connectivity index (χ0n) is 10.5. The van der Waals surface area contributed by atoms with E-state index in [1.807, 2.05) is 24.8 Å². The SMILES string of the molecule is CSCCCn1c(C)nc2c(C(=O)O)cccc21. The molecule has 0 unspecified atom stereocenters. The Labute approximate surface area is 110 Å². The molecule has 96 valence electrons. The summed E-state index contributed by atoms with van der Waals surface area (Å²) in [6.45, 7) is 2.80. The van der Waals surface area contributed by atoms with Gasteiger partial charge in [-0.25, -0.2) is 9.78 Å². The van der Waals surface area contributed by atoms with Gasteiger partial charge in [-0.3, -0.25) is 0 Å². The monoisotopic (exact) mass is 264 g/mol. The molecule has 0 aliphatic carbocycles. The average Bonchev–Trinajstić information content (AvgIpc) is 2.66.